The van der Waals surface area contributed by atoms with Crippen LogP contribution >= 0.6 is 0 Å². The van der Waals surface area contributed by atoms with Crippen LogP contribution in [-0.2, 0) is 19.0 Å². The number of esters is 1. The summed E-state index contributed by atoms with van der Waals surface area (Å²) >= 11 is 0. The van der Waals surface area contributed by atoms with Crippen LogP contribution in [0.5, 0.6) is 0 Å². The molecule has 0 aromatic carbocycles. The smallest absolute Gasteiger partial charge is 0.334 e. The Labute approximate surface area is 273 Å². The number of hydrogen-bond acceptors (Lipinski definition) is 8. The Balaban J connectivity index is 1.16. The monoisotopic (exact) mass is 638 g/mol. The average Bonchev–Trinajstić information content (AvgIpc) is 3.76. The number of aliphatic hydroxyl groups is 4. The minimum absolute atomic E-state index is 0.00308. The van der Waals surface area contributed by atoms with Gasteiger partial charge in [0, 0.05) is 12.0 Å². The molecule has 0 aliphatic carbocycles. The van der Waals surface area contributed by atoms with Gasteiger partial charge in [-0.15, -0.1) is 0 Å². The maximum Gasteiger partial charge on any atom is 0.334 e. The number of rotatable bonds is 25. The summed E-state index contributed by atoms with van der Waals surface area (Å²) in [5.41, 5.74) is 0.582. The molecule has 9 atom stereocenters. The van der Waals surface area contributed by atoms with Crippen LogP contribution in [0.4, 0.5) is 0 Å². The minimum Gasteiger partial charge on any atom is -0.455 e. The molecule has 0 saturated carbocycles. The number of hydrogen-bond donors (Lipinski definition) is 4. The van der Waals surface area contributed by atoms with Gasteiger partial charge in [0.05, 0.1) is 48.8 Å². The first-order valence-corrected chi connectivity index (χ1v) is 18.7. The number of carbonyl (C=O) groups is 1. The number of cyclic esters (lactones) is 1. The molecule has 8 nitrogen and oxygen atoms in total. The Kier molecular flexibility index (Phi) is 18.6. The van der Waals surface area contributed by atoms with Crippen LogP contribution in [0, 0.1) is 0 Å². The SMILES string of the molecule is CCCCCCCCCC[C@H](O)[C@@H]1CC[C@H]([C@H]2CC[C@@H]([C@H](O)CCC[C@H](O)CCCCCC[C@H](O)CC3=C[C@@H](C)OC3=O)O2)O1. The fourth-order valence-electron chi connectivity index (χ4n) is 7.31. The predicted octanol–water partition coefficient (Wildman–Crippen LogP) is 6.83. The third-order valence-corrected chi connectivity index (χ3v) is 10.1. The highest BCUT2D eigenvalue weighted by Crippen LogP contribution is 2.34. The molecule has 262 valence electrons. The second-order valence-corrected chi connectivity index (χ2v) is 14.2. The van der Waals surface area contributed by atoms with E-state index in [9.17, 15) is 25.2 Å². The molecule has 0 spiro atoms. The van der Waals surface area contributed by atoms with Gasteiger partial charge in [-0.05, 0) is 77.2 Å². The van der Waals surface area contributed by atoms with Gasteiger partial charge in [-0.25, -0.2) is 4.79 Å². The van der Waals surface area contributed by atoms with Gasteiger partial charge >= 0.3 is 5.97 Å². The predicted molar refractivity (Wildman–Crippen MR) is 177 cm³/mol. The van der Waals surface area contributed by atoms with E-state index in [1.807, 2.05) is 6.92 Å². The molecule has 3 heterocycles. The topological polar surface area (TPSA) is 126 Å². The molecule has 0 unspecified atom stereocenters. The van der Waals surface area contributed by atoms with Crippen LogP contribution in [-0.4, -0.2) is 81.3 Å². The molecule has 3 aliphatic heterocycles. The highest BCUT2D eigenvalue weighted by Gasteiger charge is 2.40. The van der Waals surface area contributed by atoms with Crippen molar-refractivity contribution in [3.05, 3.63) is 11.6 Å². The average molecular weight is 639 g/mol. The van der Waals surface area contributed by atoms with E-state index in [1.54, 1.807) is 6.08 Å². The maximum absolute atomic E-state index is 11.7. The Morgan fingerprint density at radius 1 is 0.644 bits per heavy atom. The fourth-order valence-corrected chi connectivity index (χ4v) is 7.31. The van der Waals surface area contributed by atoms with E-state index in [-0.39, 0.29) is 42.6 Å². The first-order chi connectivity index (χ1) is 21.8. The molecule has 3 rings (SSSR count). The summed E-state index contributed by atoms with van der Waals surface area (Å²) in [6, 6.07) is 0. The van der Waals surface area contributed by atoms with E-state index in [2.05, 4.69) is 6.92 Å². The molecule has 2 saturated heterocycles. The second kappa shape index (κ2) is 21.8. The van der Waals surface area contributed by atoms with E-state index in [0.717, 1.165) is 77.0 Å². The lowest BCUT2D eigenvalue weighted by molar-refractivity contribution is -0.139. The molecule has 0 radical (unpaired) electrons. The van der Waals surface area contributed by atoms with Gasteiger partial charge in [-0.1, -0.05) is 84.0 Å². The molecule has 0 bridgehead atoms. The highest BCUT2D eigenvalue weighted by molar-refractivity contribution is 5.90. The van der Waals surface area contributed by atoms with Crippen LogP contribution in [0.2, 0.25) is 0 Å². The summed E-state index contributed by atoms with van der Waals surface area (Å²) in [7, 11) is 0. The van der Waals surface area contributed by atoms with Gasteiger partial charge in [0.2, 0.25) is 0 Å². The molecular formula is C37H66O8. The van der Waals surface area contributed by atoms with E-state index < -0.39 is 18.3 Å². The zero-order valence-electron chi connectivity index (χ0n) is 28.5. The Morgan fingerprint density at radius 3 is 1.64 bits per heavy atom. The zero-order valence-corrected chi connectivity index (χ0v) is 28.5. The van der Waals surface area contributed by atoms with Crippen LogP contribution in [0.3, 0.4) is 0 Å². The maximum atomic E-state index is 11.7. The van der Waals surface area contributed by atoms with Crippen molar-refractivity contribution in [1.29, 1.82) is 0 Å². The first-order valence-electron chi connectivity index (χ1n) is 18.7. The van der Waals surface area contributed by atoms with E-state index in [4.69, 9.17) is 14.2 Å². The Bertz CT molecular complexity index is 833. The Morgan fingerprint density at radius 2 is 1.11 bits per heavy atom. The summed E-state index contributed by atoms with van der Waals surface area (Å²) in [5, 5.41) is 42.1. The number of ether oxygens (including phenoxy) is 3. The van der Waals surface area contributed by atoms with E-state index in [0.29, 0.717) is 31.3 Å². The van der Waals surface area contributed by atoms with Crippen LogP contribution < -0.4 is 0 Å². The first kappa shape index (κ1) is 38.4. The summed E-state index contributed by atoms with van der Waals surface area (Å²) in [4.78, 5) is 11.7. The molecule has 45 heavy (non-hydrogen) atoms. The van der Waals surface area contributed by atoms with Crippen molar-refractivity contribution in [2.45, 2.75) is 216 Å². The summed E-state index contributed by atoms with van der Waals surface area (Å²) in [6.07, 6.45) is 21.7. The van der Waals surface area contributed by atoms with Gasteiger partial charge in [0.15, 0.2) is 0 Å². The third-order valence-electron chi connectivity index (χ3n) is 10.1. The molecular weight excluding hydrogens is 572 g/mol. The van der Waals surface area contributed by atoms with Crippen molar-refractivity contribution in [3.8, 4) is 0 Å². The van der Waals surface area contributed by atoms with Crippen molar-refractivity contribution in [3.63, 3.8) is 0 Å². The third kappa shape index (κ3) is 14.7. The number of aliphatic hydroxyl groups excluding tert-OH is 4. The standard InChI is InChI=1S/C37H66O8/c1-3-4-5-6-7-8-9-14-19-31(40)33-21-23-35(44-33)36-24-22-34(45-36)32(41)20-15-18-29(38)16-12-10-11-13-17-30(39)26-28-25-27(2)43-37(28)42/h25,27,29-36,38-41H,3-24,26H2,1-2H3/t27-,29-,30+,31+,32-,33+,34+,35-,36-/m1/s1. The molecule has 0 aromatic heterocycles. The zero-order chi connectivity index (χ0) is 32.4. The second-order valence-electron chi connectivity index (χ2n) is 14.2. The molecule has 0 aromatic rings. The molecule has 0 amide bonds. The van der Waals surface area contributed by atoms with Gasteiger partial charge in [0.25, 0.3) is 0 Å². The van der Waals surface area contributed by atoms with E-state index in [1.165, 1.54) is 44.9 Å². The van der Waals surface area contributed by atoms with Crippen molar-refractivity contribution in [2.24, 2.45) is 0 Å². The quantitative estimate of drug-likeness (QED) is 0.0634. The molecule has 2 fully saturated rings. The minimum atomic E-state index is -0.525. The van der Waals surface area contributed by atoms with Crippen molar-refractivity contribution in [2.75, 3.05) is 0 Å². The number of carbonyl (C=O) groups excluding carboxylic acids is 1. The lowest BCUT2D eigenvalue weighted by atomic mass is 9.99. The normalized spacial score (nSPS) is 27.8. The molecule has 8 heteroatoms. The Hall–Kier alpha value is -1.03. The highest BCUT2D eigenvalue weighted by atomic mass is 16.6. The van der Waals surface area contributed by atoms with Gasteiger partial charge in [-0.3, -0.25) is 0 Å². The lowest BCUT2D eigenvalue weighted by Gasteiger charge is -2.24. The van der Waals surface area contributed by atoms with Crippen LogP contribution in [0.25, 0.3) is 0 Å². The summed E-state index contributed by atoms with van der Waals surface area (Å²) in [6.45, 7) is 4.07. The summed E-state index contributed by atoms with van der Waals surface area (Å²) in [5.74, 6) is -0.309. The largest absolute Gasteiger partial charge is 0.455 e. The lowest BCUT2D eigenvalue weighted by Crippen LogP contribution is -2.33. The van der Waals surface area contributed by atoms with E-state index >= 15 is 0 Å². The molecule has 4 N–H and O–H groups in total. The van der Waals surface area contributed by atoms with Gasteiger partial charge in [-0.2, -0.15) is 0 Å². The number of unbranched alkanes of at least 4 members (excludes halogenated alkanes) is 10. The fraction of sp³-hybridized carbons (Fsp3) is 0.919. The van der Waals surface area contributed by atoms with Crippen LogP contribution in [0.15, 0.2) is 11.6 Å². The summed E-state index contributed by atoms with van der Waals surface area (Å²) < 4.78 is 17.6. The van der Waals surface area contributed by atoms with Gasteiger partial charge < -0.3 is 34.6 Å². The van der Waals surface area contributed by atoms with Crippen LogP contribution in [0.1, 0.15) is 162 Å². The van der Waals surface area contributed by atoms with Gasteiger partial charge in [0.1, 0.15) is 6.10 Å². The van der Waals surface area contributed by atoms with Crippen molar-refractivity contribution >= 4 is 5.97 Å². The van der Waals surface area contributed by atoms with Crippen molar-refractivity contribution < 1.29 is 39.4 Å². The molecule has 3 aliphatic rings. The van der Waals surface area contributed by atoms with Crippen molar-refractivity contribution in [1.82, 2.24) is 0 Å².